The Balaban J connectivity index is 2.14. The van der Waals surface area contributed by atoms with E-state index in [1.807, 2.05) is 24.3 Å². The molecule has 0 fully saturated rings. The molecule has 2 rings (SSSR count). The lowest BCUT2D eigenvalue weighted by Crippen LogP contribution is -2.33. The molecule has 0 spiro atoms. The second-order valence-corrected chi connectivity index (χ2v) is 5.27. The summed E-state index contributed by atoms with van der Waals surface area (Å²) in [5.74, 6) is -0.0579. The van der Waals surface area contributed by atoms with Crippen molar-refractivity contribution in [1.82, 2.24) is 9.88 Å². The summed E-state index contributed by atoms with van der Waals surface area (Å²) in [6.45, 7) is 0.861. The molecule has 5 heteroatoms. The molecule has 0 radical (unpaired) electrons. The number of methoxy groups -OCH3 is 1. The van der Waals surface area contributed by atoms with Crippen LogP contribution in [-0.2, 0) is 4.74 Å². The van der Waals surface area contributed by atoms with Gasteiger partial charge in [0.25, 0.3) is 5.91 Å². The van der Waals surface area contributed by atoms with Gasteiger partial charge in [0, 0.05) is 37.8 Å². The van der Waals surface area contributed by atoms with E-state index in [1.54, 1.807) is 31.3 Å². The van der Waals surface area contributed by atoms with Gasteiger partial charge >= 0.3 is 0 Å². The Morgan fingerprint density at radius 2 is 2.25 bits per heavy atom. The molecule has 0 aliphatic heterocycles. The van der Waals surface area contributed by atoms with E-state index in [0.717, 1.165) is 10.9 Å². The minimum atomic E-state index is -0.212. The van der Waals surface area contributed by atoms with Crippen LogP contribution in [-0.4, -0.2) is 48.5 Å². The quantitative estimate of drug-likeness (QED) is 0.796. The zero-order valence-corrected chi connectivity index (χ0v) is 12.3. The third-order valence-electron chi connectivity index (χ3n) is 3.02. The van der Waals surface area contributed by atoms with Crippen molar-refractivity contribution in [3.63, 3.8) is 0 Å². The Labute approximate surface area is 123 Å². The van der Waals surface area contributed by atoms with Crippen LogP contribution in [0.3, 0.4) is 0 Å². The van der Waals surface area contributed by atoms with Crippen molar-refractivity contribution in [3.8, 4) is 0 Å². The molecule has 106 valence electrons. The Hall–Kier alpha value is -1.65. The molecule has 0 bridgehead atoms. The van der Waals surface area contributed by atoms with Crippen molar-refractivity contribution in [3.05, 3.63) is 42.1 Å². The van der Waals surface area contributed by atoms with Gasteiger partial charge < -0.3 is 9.64 Å². The zero-order valence-electron chi connectivity index (χ0n) is 11.5. The Morgan fingerprint density at radius 1 is 1.45 bits per heavy atom. The number of alkyl halides is 1. The molecule has 4 nitrogen and oxygen atoms in total. The van der Waals surface area contributed by atoms with Gasteiger partial charge in [0.15, 0.2) is 0 Å². The van der Waals surface area contributed by atoms with Gasteiger partial charge in [-0.25, -0.2) is 0 Å². The maximum absolute atomic E-state index is 12.3. The molecular formula is C15H17ClN2O2. The SMILES string of the molecule is COCC(Cl)CN(C)C(=O)c1ccc2ncccc2c1. The lowest BCUT2D eigenvalue weighted by molar-refractivity contribution is 0.0782. The number of fused-ring (bicyclic) bond motifs is 1. The van der Waals surface area contributed by atoms with Crippen LogP contribution in [0.1, 0.15) is 10.4 Å². The average Bonchev–Trinajstić information content (AvgIpc) is 2.46. The fourth-order valence-electron chi connectivity index (χ4n) is 2.04. The first-order valence-corrected chi connectivity index (χ1v) is 6.78. The number of nitrogens with zero attached hydrogens (tertiary/aromatic N) is 2. The van der Waals surface area contributed by atoms with E-state index in [4.69, 9.17) is 16.3 Å². The molecule has 0 aliphatic carbocycles. The van der Waals surface area contributed by atoms with Crippen molar-refractivity contribution >= 4 is 28.4 Å². The normalized spacial score (nSPS) is 12.3. The van der Waals surface area contributed by atoms with Crippen LogP contribution in [0.15, 0.2) is 36.5 Å². The highest BCUT2D eigenvalue weighted by molar-refractivity contribution is 6.21. The molecule has 2 aromatic rings. The van der Waals surface area contributed by atoms with Gasteiger partial charge in [0.05, 0.1) is 17.5 Å². The molecule has 0 N–H and O–H groups in total. The number of pyridine rings is 1. The number of benzene rings is 1. The van der Waals surface area contributed by atoms with Crippen LogP contribution in [0.25, 0.3) is 10.9 Å². The molecule has 0 aliphatic rings. The fourth-order valence-corrected chi connectivity index (χ4v) is 2.38. The molecule has 20 heavy (non-hydrogen) atoms. The summed E-state index contributed by atoms with van der Waals surface area (Å²) >= 11 is 6.07. The first-order valence-electron chi connectivity index (χ1n) is 6.35. The van der Waals surface area contributed by atoms with Gasteiger partial charge in [-0.15, -0.1) is 11.6 Å². The van der Waals surface area contributed by atoms with Crippen molar-refractivity contribution in [1.29, 1.82) is 0 Å². The maximum atomic E-state index is 12.3. The number of ether oxygens (including phenoxy) is 1. The highest BCUT2D eigenvalue weighted by Crippen LogP contribution is 2.15. The number of amides is 1. The number of aromatic nitrogens is 1. The first kappa shape index (κ1) is 14.8. The van der Waals surface area contributed by atoms with Gasteiger partial charge in [-0.1, -0.05) is 6.07 Å². The van der Waals surface area contributed by atoms with Crippen LogP contribution in [0.5, 0.6) is 0 Å². The van der Waals surface area contributed by atoms with E-state index in [0.29, 0.717) is 18.7 Å². The largest absolute Gasteiger partial charge is 0.383 e. The minimum Gasteiger partial charge on any atom is -0.383 e. The third kappa shape index (κ3) is 3.46. The smallest absolute Gasteiger partial charge is 0.253 e. The molecule has 1 unspecified atom stereocenters. The second kappa shape index (κ2) is 6.68. The number of hydrogen-bond donors (Lipinski definition) is 0. The van der Waals surface area contributed by atoms with Crippen LogP contribution in [0, 0.1) is 0 Å². The van der Waals surface area contributed by atoms with E-state index in [1.165, 1.54) is 0 Å². The topological polar surface area (TPSA) is 42.4 Å². The number of carbonyl (C=O) groups is 1. The molecule has 1 heterocycles. The second-order valence-electron chi connectivity index (χ2n) is 4.65. The van der Waals surface area contributed by atoms with E-state index in [-0.39, 0.29) is 11.3 Å². The summed E-state index contributed by atoms with van der Waals surface area (Å²) in [6.07, 6.45) is 1.73. The van der Waals surface area contributed by atoms with Gasteiger partial charge in [0.2, 0.25) is 0 Å². The number of rotatable bonds is 5. The summed E-state index contributed by atoms with van der Waals surface area (Å²) in [5, 5.41) is 0.738. The summed E-state index contributed by atoms with van der Waals surface area (Å²) in [6, 6.07) is 9.28. The monoisotopic (exact) mass is 292 g/mol. The fraction of sp³-hybridized carbons (Fsp3) is 0.333. The van der Waals surface area contributed by atoms with Crippen molar-refractivity contribution < 1.29 is 9.53 Å². The Kier molecular flexibility index (Phi) is 4.93. The number of halogens is 1. The highest BCUT2D eigenvalue weighted by Gasteiger charge is 2.15. The van der Waals surface area contributed by atoms with Gasteiger partial charge in [-0.05, 0) is 24.3 Å². The summed E-state index contributed by atoms with van der Waals surface area (Å²) in [5.41, 5.74) is 1.51. The lowest BCUT2D eigenvalue weighted by Gasteiger charge is -2.20. The summed E-state index contributed by atoms with van der Waals surface area (Å²) in [7, 11) is 3.33. The first-order chi connectivity index (χ1) is 9.61. The van der Waals surface area contributed by atoms with Crippen LogP contribution in [0.4, 0.5) is 0 Å². The van der Waals surface area contributed by atoms with E-state index in [2.05, 4.69) is 4.98 Å². The van der Waals surface area contributed by atoms with Gasteiger partial charge in [-0.2, -0.15) is 0 Å². The summed E-state index contributed by atoms with van der Waals surface area (Å²) in [4.78, 5) is 18.2. The van der Waals surface area contributed by atoms with E-state index >= 15 is 0 Å². The molecule has 0 saturated heterocycles. The maximum Gasteiger partial charge on any atom is 0.253 e. The molecule has 1 amide bonds. The van der Waals surface area contributed by atoms with Gasteiger partial charge in [-0.3, -0.25) is 9.78 Å². The predicted molar refractivity (Wildman–Crippen MR) is 80.2 cm³/mol. The molecule has 1 atom stereocenters. The number of hydrogen-bond acceptors (Lipinski definition) is 3. The minimum absolute atomic E-state index is 0.0579. The van der Waals surface area contributed by atoms with Crippen LogP contribution >= 0.6 is 11.6 Å². The van der Waals surface area contributed by atoms with E-state index in [9.17, 15) is 4.79 Å². The van der Waals surface area contributed by atoms with Crippen molar-refractivity contribution in [2.75, 3.05) is 27.3 Å². The van der Waals surface area contributed by atoms with Crippen molar-refractivity contribution in [2.24, 2.45) is 0 Å². The van der Waals surface area contributed by atoms with Crippen LogP contribution < -0.4 is 0 Å². The molecule has 1 aromatic carbocycles. The summed E-state index contributed by atoms with van der Waals surface area (Å²) < 4.78 is 4.97. The Bertz CT molecular complexity index is 603. The molecule has 0 saturated carbocycles. The zero-order chi connectivity index (χ0) is 14.5. The highest BCUT2D eigenvalue weighted by atomic mass is 35.5. The standard InChI is InChI=1S/C15H17ClN2O2/c1-18(9-13(16)10-20-2)15(19)12-5-6-14-11(8-12)4-3-7-17-14/h3-8,13H,9-10H2,1-2H3. The van der Waals surface area contributed by atoms with Gasteiger partial charge in [0.1, 0.15) is 0 Å². The lowest BCUT2D eigenvalue weighted by atomic mass is 10.1. The van der Waals surface area contributed by atoms with Crippen molar-refractivity contribution in [2.45, 2.75) is 5.38 Å². The number of carbonyl (C=O) groups excluding carboxylic acids is 1. The third-order valence-corrected chi connectivity index (χ3v) is 3.28. The molecular weight excluding hydrogens is 276 g/mol. The van der Waals surface area contributed by atoms with E-state index < -0.39 is 0 Å². The molecule has 1 aromatic heterocycles. The predicted octanol–water partition coefficient (Wildman–Crippen LogP) is 2.56. The Morgan fingerprint density at radius 3 is 3.00 bits per heavy atom. The average molecular weight is 293 g/mol. The van der Waals surface area contributed by atoms with Crippen LogP contribution in [0.2, 0.25) is 0 Å².